The van der Waals surface area contributed by atoms with Gasteiger partial charge in [-0.05, 0) is 6.16 Å². The van der Waals surface area contributed by atoms with E-state index in [1.54, 1.807) is 0 Å². The van der Waals surface area contributed by atoms with E-state index in [1.165, 1.54) is 0 Å². The second kappa shape index (κ2) is 75.6. The molecule has 0 saturated carbocycles. The van der Waals surface area contributed by atoms with Crippen LogP contribution in [0.4, 0.5) is 4.79 Å². The fraction of sp³-hybridized carbons (Fsp3) is 0. The average Bonchev–Trinajstić information content (AvgIpc) is 0.811. The van der Waals surface area contributed by atoms with Crippen LogP contribution in [0.1, 0.15) is 0 Å². The van der Waals surface area contributed by atoms with E-state index in [2.05, 4.69) is 0 Å². The van der Waals surface area contributed by atoms with E-state index >= 15 is 0 Å². The topological polar surface area (TPSA) is 189 Å². The van der Waals surface area contributed by atoms with E-state index in [9.17, 15) is 0 Å². The Hall–Kier alpha value is 0.591. The Kier molecular flexibility index (Phi) is 693. The van der Waals surface area contributed by atoms with E-state index < -0.39 is 6.16 Å². The van der Waals surface area contributed by atoms with Crippen LogP contribution in [0.2, 0.25) is 0 Å². The Morgan fingerprint density at radius 2 is 0.818 bits per heavy atom. The molecule has 0 aliphatic rings. The molecule has 0 unspecified atom stereocenters. The fourth-order valence-corrected chi connectivity index (χ4v) is 0. The minimum absolute atomic E-state index is 0. The first-order valence-corrected chi connectivity index (χ1v) is 0.612. The summed E-state index contributed by atoms with van der Waals surface area (Å²) in [5, 5.41) is 16.7. The third kappa shape index (κ3) is 2240. The molecule has 0 aromatic rings. The Morgan fingerprint density at radius 1 is 0.818 bits per heavy atom. The molecule has 0 amide bonds. The van der Waals surface area contributed by atoms with Crippen LogP contribution in [0.3, 0.4) is 0 Å². The monoisotopic (exact) mass is 306 g/mol. The Bertz CT molecular complexity index is 36.7. The second-order valence-electron chi connectivity index (χ2n) is 0.250. The molecule has 0 heterocycles. The number of carbonyl (C=O) groups excluding carboxylic acids is 1. The minimum Gasteiger partial charge on any atom is -0.652 e. The quantitative estimate of drug-likeness (QED) is 0.403. The van der Waals surface area contributed by atoms with Crippen LogP contribution in [-0.2, 0) is 49.5 Å². The fourth-order valence-electron chi connectivity index (χ4n) is 0. The Morgan fingerprint density at radius 3 is 0.818 bits per heavy atom. The average molecular weight is 308 g/mol. The van der Waals surface area contributed by atoms with Crippen LogP contribution >= 0.6 is 0 Å². The smallest absolute Gasteiger partial charge is 0.652 e. The largest absolute Gasteiger partial charge is 2.00 e. The predicted molar refractivity (Wildman–Crippen MR) is 19.9 cm³/mol. The first kappa shape index (κ1) is 101. The zero-order valence-corrected chi connectivity index (χ0v) is 7.64. The van der Waals surface area contributed by atoms with Gasteiger partial charge in [-0.25, -0.2) is 0 Å². The molecular weight excluding hydrogens is 300 g/mol. The summed E-state index contributed by atoms with van der Waals surface area (Å²) in [6, 6.07) is 0. The van der Waals surface area contributed by atoms with Gasteiger partial charge >= 0.3 is 16.5 Å². The molecule has 84 valence electrons. The van der Waals surface area contributed by atoms with Gasteiger partial charge in [-0.2, -0.15) is 0 Å². The van der Waals surface area contributed by atoms with Crippen molar-refractivity contribution in [3.05, 3.63) is 0 Å². The summed E-state index contributed by atoms with van der Waals surface area (Å²) >= 11 is 0. The number of carboxylic acid groups (broad SMARTS) is 2. The normalized spacial score (nSPS) is 2.18. The summed E-state index contributed by atoms with van der Waals surface area (Å²) in [5.74, 6) is 0. The maximum absolute atomic E-state index is 8.33. The standard InChI is InChI=1S/CH2O3.3Ni.4H2O/c2-1(3)4;;;;;;;/h(H2,2,3,4);;;;4*1H2/q;;;+2;;;;/p-2. The van der Waals surface area contributed by atoms with Crippen molar-refractivity contribution in [1.82, 2.24) is 0 Å². The number of rotatable bonds is 0. The van der Waals surface area contributed by atoms with Crippen molar-refractivity contribution in [3.63, 3.8) is 0 Å². The molecule has 11 heavy (non-hydrogen) atoms. The van der Waals surface area contributed by atoms with Crippen molar-refractivity contribution >= 4 is 6.16 Å². The molecule has 0 bridgehead atoms. The SMILES string of the molecule is O.O.O.O.O=C([O-])[O-].[Ni+2].[Ni].[Ni]. The Labute approximate surface area is 92.6 Å². The van der Waals surface area contributed by atoms with Crippen LogP contribution < -0.4 is 10.2 Å². The van der Waals surface area contributed by atoms with E-state index in [4.69, 9.17) is 15.0 Å². The van der Waals surface area contributed by atoms with Gasteiger partial charge in [0.05, 0.1) is 0 Å². The first-order valence-electron chi connectivity index (χ1n) is 0.612. The maximum atomic E-state index is 8.33. The number of carbonyl (C=O) groups is 1. The third-order valence-corrected chi connectivity index (χ3v) is 0. The van der Waals surface area contributed by atoms with Crippen LogP contribution in [0.5, 0.6) is 0 Å². The van der Waals surface area contributed by atoms with Gasteiger partial charge in [0.2, 0.25) is 0 Å². The van der Waals surface area contributed by atoms with Gasteiger partial charge in [-0.15, -0.1) is 0 Å². The van der Waals surface area contributed by atoms with Crippen molar-refractivity contribution in [1.29, 1.82) is 0 Å². The van der Waals surface area contributed by atoms with Crippen LogP contribution in [0.15, 0.2) is 0 Å². The molecule has 7 nitrogen and oxygen atoms in total. The van der Waals surface area contributed by atoms with E-state index in [1.807, 2.05) is 0 Å². The van der Waals surface area contributed by atoms with Gasteiger partial charge in [-0.3, -0.25) is 0 Å². The molecule has 0 spiro atoms. The Balaban J connectivity index is -0.00000000214. The van der Waals surface area contributed by atoms with Crippen molar-refractivity contribution in [2.75, 3.05) is 0 Å². The molecule has 0 aromatic carbocycles. The number of hydrogen-bond acceptors (Lipinski definition) is 3. The zero-order valence-electron chi connectivity index (χ0n) is 4.67. The summed E-state index contributed by atoms with van der Waals surface area (Å²) in [6.07, 6.45) is -2.33. The molecule has 0 rings (SSSR count). The van der Waals surface area contributed by atoms with E-state index in [-0.39, 0.29) is 71.4 Å². The molecule has 8 N–H and O–H groups in total. The molecule has 0 atom stereocenters. The van der Waals surface area contributed by atoms with Crippen molar-refractivity contribution in [2.24, 2.45) is 0 Å². The first-order chi connectivity index (χ1) is 1.73. The number of hydrogen-bond donors (Lipinski definition) is 0. The zero-order chi connectivity index (χ0) is 3.58. The molecule has 0 aliphatic carbocycles. The molecule has 0 aliphatic heterocycles. The van der Waals surface area contributed by atoms with E-state index in [0.717, 1.165) is 0 Å². The van der Waals surface area contributed by atoms with Gasteiger partial charge in [0.15, 0.2) is 0 Å². The molecule has 0 fully saturated rings. The maximum Gasteiger partial charge on any atom is 2.00 e. The molecule has 0 radical (unpaired) electrons. The summed E-state index contributed by atoms with van der Waals surface area (Å²) in [7, 11) is 0. The van der Waals surface area contributed by atoms with Gasteiger partial charge in [-0.1, -0.05) is 0 Å². The second-order valence-corrected chi connectivity index (χ2v) is 0.250. The minimum atomic E-state index is -2.33. The summed E-state index contributed by atoms with van der Waals surface area (Å²) in [5.41, 5.74) is 0. The molecule has 0 aromatic heterocycles. The van der Waals surface area contributed by atoms with Crippen LogP contribution in [-0.4, -0.2) is 28.1 Å². The third-order valence-electron chi connectivity index (χ3n) is 0. The van der Waals surface area contributed by atoms with Crippen molar-refractivity contribution < 1.29 is 86.4 Å². The van der Waals surface area contributed by atoms with Gasteiger partial charge in [0, 0.05) is 33.0 Å². The van der Waals surface area contributed by atoms with Crippen molar-refractivity contribution in [3.8, 4) is 0 Å². The van der Waals surface area contributed by atoms with Crippen molar-refractivity contribution in [2.45, 2.75) is 0 Å². The van der Waals surface area contributed by atoms with Gasteiger partial charge in [0.1, 0.15) is 0 Å². The van der Waals surface area contributed by atoms with Crippen LogP contribution in [0.25, 0.3) is 0 Å². The van der Waals surface area contributed by atoms with Crippen LogP contribution in [0, 0.1) is 0 Å². The summed E-state index contributed by atoms with van der Waals surface area (Å²) in [6.45, 7) is 0. The van der Waals surface area contributed by atoms with E-state index in [0.29, 0.717) is 0 Å². The molecular formula is CH8Ni3O7. The molecule has 10 heteroatoms. The van der Waals surface area contributed by atoms with Gasteiger partial charge in [0.25, 0.3) is 0 Å². The van der Waals surface area contributed by atoms with Gasteiger partial charge < -0.3 is 36.9 Å². The molecule has 0 saturated heterocycles. The summed E-state index contributed by atoms with van der Waals surface area (Å²) < 4.78 is 0. The predicted octanol–water partition coefficient (Wildman–Crippen LogP) is -5.75. The summed E-state index contributed by atoms with van der Waals surface area (Å²) in [4.78, 5) is 8.33.